The first-order valence-corrected chi connectivity index (χ1v) is 6.96. The van der Waals surface area contributed by atoms with Crippen LogP contribution < -0.4 is 0 Å². The van der Waals surface area contributed by atoms with Crippen LogP contribution in [0.1, 0.15) is 47.5 Å². The number of hydrogen-bond acceptors (Lipinski definition) is 5. The fraction of sp³-hybridized carbons (Fsp3) is 0.538. The summed E-state index contributed by atoms with van der Waals surface area (Å²) in [6.45, 7) is -2.41. The van der Waals surface area contributed by atoms with Crippen molar-refractivity contribution in [3.63, 3.8) is 0 Å². The Morgan fingerprint density at radius 3 is 2.95 bits per heavy atom. The van der Waals surface area contributed by atoms with Crippen LogP contribution in [0.25, 0.3) is 0 Å². The highest BCUT2D eigenvalue weighted by atomic mass is 19.3. The molecule has 0 aliphatic heterocycles. The van der Waals surface area contributed by atoms with E-state index >= 15 is 0 Å². The molecule has 0 unspecified atom stereocenters. The molecule has 1 aliphatic carbocycles. The lowest BCUT2D eigenvalue weighted by atomic mass is 10.3. The summed E-state index contributed by atoms with van der Waals surface area (Å²) in [5.74, 6) is 1.16. The predicted octanol–water partition coefficient (Wildman–Crippen LogP) is 1.85. The molecule has 0 N–H and O–H groups in total. The van der Waals surface area contributed by atoms with E-state index in [1.54, 1.807) is 7.05 Å². The first kappa shape index (κ1) is 14.6. The van der Waals surface area contributed by atoms with Crippen molar-refractivity contribution in [2.75, 3.05) is 13.6 Å². The molecule has 0 saturated heterocycles. The van der Waals surface area contributed by atoms with Gasteiger partial charge in [0.15, 0.2) is 11.5 Å². The van der Waals surface area contributed by atoms with Crippen LogP contribution in [0.5, 0.6) is 0 Å². The van der Waals surface area contributed by atoms with Gasteiger partial charge in [0.25, 0.3) is 5.91 Å². The van der Waals surface area contributed by atoms with E-state index in [0.717, 1.165) is 19.0 Å². The number of carbonyl (C=O) groups excluding carboxylic acids is 1. The summed E-state index contributed by atoms with van der Waals surface area (Å²) < 4.78 is 30.4. The van der Waals surface area contributed by atoms with Crippen molar-refractivity contribution in [3.8, 4) is 0 Å². The number of nitrogens with zero attached hydrogens (tertiary/aromatic N) is 5. The van der Waals surface area contributed by atoms with Crippen LogP contribution in [0.15, 0.2) is 16.8 Å². The minimum absolute atomic E-state index is 0.0189. The fourth-order valence-corrected chi connectivity index (χ4v) is 1.99. The van der Waals surface area contributed by atoms with Crippen LogP contribution in [0, 0.1) is 0 Å². The van der Waals surface area contributed by atoms with Gasteiger partial charge in [0.1, 0.15) is 0 Å². The Morgan fingerprint density at radius 2 is 2.32 bits per heavy atom. The average molecular weight is 311 g/mol. The third kappa shape index (κ3) is 3.12. The molecule has 1 fully saturated rings. The van der Waals surface area contributed by atoms with Gasteiger partial charge in [-0.05, 0) is 18.9 Å². The molecule has 0 spiro atoms. The van der Waals surface area contributed by atoms with Gasteiger partial charge < -0.3 is 9.42 Å². The molecule has 0 bridgehead atoms. The Bertz CT molecular complexity index is 665. The molecule has 2 aromatic rings. The monoisotopic (exact) mass is 311 g/mol. The van der Waals surface area contributed by atoms with Crippen LogP contribution in [-0.4, -0.2) is 44.3 Å². The summed E-state index contributed by atoms with van der Waals surface area (Å²) in [5, 5.41) is 7.41. The molecule has 0 aromatic carbocycles. The van der Waals surface area contributed by atoms with Gasteiger partial charge in [0.05, 0.1) is 0 Å². The minimum Gasteiger partial charge on any atom is -0.340 e. The normalized spacial score (nSPS) is 14.5. The zero-order valence-electron chi connectivity index (χ0n) is 11.9. The lowest BCUT2D eigenvalue weighted by Crippen LogP contribution is -2.29. The molecule has 9 heteroatoms. The van der Waals surface area contributed by atoms with Crippen molar-refractivity contribution in [1.82, 2.24) is 24.8 Å². The van der Waals surface area contributed by atoms with Gasteiger partial charge in [-0.1, -0.05) is 5.16 Å². The fourth-order valence-electron chi connectivity index (χ4n) is 1.99. The summed E-state index contributed by atoms with van der Waals surface area (Å²) in [7, 11) is 1.58. The maximum absolute atomic E-state index is 12.4. The van der Waals surface area contributed by atoms with Crippen molar-refractivity contribution in [2.24, 2.45) is 0 Å². The number of alkyl halides is 2. The Balaban J connectivity index is 1.55. The third-order valence-electron chi connectivity index (χ3n) is 3.46. The minimum atomic E-state index is -2.76. The number of aromatic nitrogens is 4. The Morgan fingerprint density at radius 1 is 1.55 bits per heavy atom. The average Bonchev–Trinajstić information content (AvgIpc) is 3.05. The Labute approximate surface area is 124 Å². The summed E-state index contributed by atoms with van der Waals surface area (Å²) in [6.07, 6.45) is 3.67. The van der Waals surface area contributed by atoms with Crippen LogP contribution in [0.3, 0.4) is 0 Å². The van der Waals surface area contributed by atoms with E-state index in [4.69, 9.17) is 4.52 Å². The van der Waals surface area contributed by atoms with Crippen LogP contribution in [-0.2, 0) is 6.42 Å². The van der Waals surface area contributed by atoms with Gasteiger partial charge in [-0.15, -0.1) is 0 Å². The van der Waals surface area contributed by atoms with Crippen LogP contribution in [0.2, 0.25) is 0 Å². The van der Waals surface area contributed by atoms with E-state index < -0.39 is 12.5 Å². The maximum atomic E-state index is 12.4. The molecule has 0 atom stereocenters. The number of halogens is 2. The molecule has 2 aromatic heterocycles. The molecular formula is C13H15F2N5O2. The Hall–Kier alpha value is -2.32. The lowest BCUT2D eigenvalue weighted by molar-refractivity contribution is 0.0554. The van der Waals surface area contributed by atoms with Crippen molar-refractivity contribution < 1.29 is 18.1 Å². The first-order chi connectivity index (χ1) is 10.5. The SMILES string of the molecule is CN(CCc1noc(C2CC2)n1)C(=O)c1ccn(C(F)F)n1. The van der Waals surface area contributed by atoms with Gasteiger partial charge in [-0.25, -0.2) is 4.68 Å². The van der Waals surface area contributed by atoms with Crippen molar-refractivity contribution in [2.45, 2.75) is 31.7 Å². The molecule has 7 nitrogen and oxygen atoms in total. The maximum Gasteiger partial charge on any atom is 0.333 e. The number of carbonyl (C=O) groups is 1. The van der Waals surface area contributed by atoms with Crippen molar-refractivity contribution in [1.29, 1.82) is 0 Å². The van der Waals surface area contributed by atoms with Gasteiger partial charge in [-0.3, -0.25) is 4.79 Å². The highest BCUT2D eigenvalue weighted by Crippen LogP contribution is 2.38. The molecule has 2 heterocycles. The molecule has 1 saturated carbocycles. The second kappa shape index (κ2) is 5.82. The highest BCUT2D eigenvalue weighted by molar-refractivity contribution is 5.91. The Kier molecular flexibility index (Phi) is 3.86. The molecular weight excluding hydrogens is 296 g/mol. The van der Waals surface area contributed by atoms with Crippen molar-refractivity contribution in [3.05, 3.63) is 29.7 Å². The zero-order valence-corrected chi connectivity index (χ0v) is 11.9. The third-order valence-corrected chi connectivity index (χ3v) is 3.46. The van der Waals surface area contributed by atoms with Crippen LogP contribution in [0.4, 0.5) is 8.78 Å². The summed E-state index contributed by atoms with van der Waals surface area (Å²) >= 11 is 0. The van der Waals surface area contributed by atoms with E-state index in [1.807, 2.05) is 0 Å². The highest BCUT2D eigenvalue weighted by Gasteiger charge is 2.29. The summed E-state index contributed by atoms with van der Waals surface area (Å²) in [6, 6.07) is 1.27. The quantitative estimate of drug-likeness (QED) is 0.813. The van der Waals surface area contributed by atoms with E-state index in [9.17, 15) is 13.6 Å². The van der Waals surface area contributed by atoms with Crippen LogP contribution >= 0.6 is 0 Å². The number of rotatable bonds is 6. The zero-order chi connectivity index (χ0) is 15.7. The lowest BCUT2D eigenvalue weighted by Gasteiger charge is -2.14. The number of hydrogen-bond donors (Lipinski definition) is 0. The van der Waals surface area contributed by atoms with Gasteiger partial charge in [0, 0.05) is 32.1 Å². The molecule has 1 aliphatic rings. The van der Waals surface area contributed by atoms with E-state index in [1.165, 1.54) is 11.0 Å². The molecule has 22 heavy (non-hydrogen) atoms. The largest absolute Gasteiger partial charge is 0.340 e. The van der Waals surface area contributed by atoms with Crippen molar-refractivity contribution >= 4 is 5.91 Å². The molecule has 118 valence electrons. The number of amides is 1. The number of likely N-dealkylation sites (N-methyl/N-ethyl adjacent to an activating group) is 1. The predicted molar refractivity (Wildman–Crippen MR) is 70.4 cm³/mol. The smallest absolute Gasteiger partial charge is 0.333 e. The first-order valence-electron chi connectivity index (χ1n) is 6.96. The molecule has 0 radical (unpaired) electrons. The van der Waals surface area contributed by atoms with Gasteiger partial charge in [-0.2, -0.15) is 18.9 Å². The van der Waals surface area contributed by atoms with E-state index in [2.05, 4.69) is 15.2 Å². The standard InChI is InChI=1S/C13H15F2N5O2/c1-19(12(21)9-4-7-20(17-9)13(14)15)6-5-10-16-11(22-18-10)8-2-3-8/h4,7-8,13H,2-3,5-6H2,1H3. The molecule has 3 rings (SSSR count). The molecule has 1 amide bonds. The van der Waals surface area contributed by atoms with Gasteiger partial charge in [0.2, 0.25) is 5.89 Å². The second-order valence-electron chi connectivity index (χ2n) is 5.26. The second-order valence-corrected chi connectivity index (χ2v) is 5.26. The summed E-state index contributed by atoms with van der Waals surface area (Å²) in [5.41, 5.74) is -0.0189. The van der Waals surface area contributed by atoms with E-state index in [-0.39, 0.29) is 5.69 Å². The van der Waals surface area contributed by atoms with E-state index in [0.29, 0.717) is 35.3 Å². The summed E-state index contributed by atoms with van der Waals surface area (Å²) in [4.78, 5) is 17.7. The topological polar surface area (TPSA) is 77.0 Å². The van der Waals surface area contributed by atoms with Gasteiger partial charge >= 0.3 is 6.55 Å².